The quantitative estimate of drug-likeness (QED) is 0.398. The number of benzene rings is 2. The van der Waals surface area contributed by atoms with E-state index in [4.69, 9.17) is 0 Å². The van der Waals surface area contributed by atoms with Crippen LogP contribution in [0.1, 0.15) is 60.8 Å². The predicted octanol–water partition coefficient (Wildman–Crippen LogP) is 6.36. The lowest BCUT2D eigenvalue weighted by atomic mass is 9.77. The summed E-state index contributed by atoms with van der Waals surface area (Å²) in [5.74, 6) is 0. The zero-order valence-corrected chi connectivity index (χ0v) is 21.7. The number of anilines is 1. The van der Waals surface area contributed by atoms with Gasteiger partial charge in [-0.15, -0.1) is 0 Å². The highest BCUT2D eigenvalue weighted by molar-refractivity contribution is 5.90. The third-order valence-electron chi connectivity index (χ3n) is 7.71. The van der Waals surface area contributed by atoms with Gasteiger partial charge in [0.05, 0.1) is 28.4 Å². The number of nitrogens with one attached hydrogen (secondary N) is 1. The Bertz CT molecular complexity index is 1210. The van der Waals surface area contributed by atoms with Gasteiger partial charge in [-0.25, -0.2) is 4.79 Å². The molecule has 2 amide bonds. The fraction of sp³-hybridized carbons (Fsp3) is 0.500. The van der Waals surface area contributed by atoms with Gasteiger partial charge in [-0.2, -0.15) is 31.6 Å². The number of carbonyl (C=O) groups excluding carboxylic acids is 1. The Labute approximate surface area is 228 Å². The summed E-state index contributed by atoms with van der Waals surface area (Å²) in [6.07, 6.45) is -6.80. The molecule has 0 radical (unpaired) electrons. The smallest absolute Gasteiger partial charge is 0.385 e. The maximum atomic E-state index is 13.4. The van der Waals surface area contributed by atoms with Crippen molar-refractivity contribution in [3.8, 4) is 6.07 Å². The number of rotatable bonds is 6. The van der Waals surface area contributed by atoms with Crippen molar-refractivity contribution in [1.29, 1.82) is 5.26 Å². The number of hydrogen-bond donors (Lipinski definition) is 2. The SMILES string of the molecule is N#Cc1cccc(C2(O)CCC(N(CCN3CCCC3)C(=O)Nc3cc(C(F)(F)F)cc(C(F)(F)F)c3)CC2)c1. The maximum Gasteiger partial charge on any atom is 0.416 e. The molecular weight excluding hydrogens is 538 g/mol. The molecule has 2 aromatic carbocycles. The van der Waals surface area contributed by atoms with Gasteiger partial charge in [-0.05, 0) is 87.5 Å². The van der Waals surface area contributed by atoms with Gasteiger partial charge in [0, 0.05) is 24.8 Å². The Morgan fingerprint density at radius 3 is 2.17 bits per heavy atom. The number of nitriles is 1. The van der Waals surface area contributed by atoms with E-state index < -0.39 is 46.8 Å². The average Bonchev–Trinajstić information content (AvgIpc) is 3.42. The topological polar surface area (TPSA) is 79.6 Å². The highest BCUT2D eigenvalue weighted by Gasteiger charge is 2.40. The van der Waals surface area contributed by atoms with Gasteiger partial charge in [-0.3, -0.25) is 0 Å². The number of amides is 2. The molecule has 1 aliphatic heterocycles. The first-order valence-corrected chi connectivity index (χ1v) is 13.1. The van der Waals surface area contributed by atoms with E-state index in [0.717, 1.165) is 25.9 Å². The number of nitrogens with zero attached hydrogens (tertiary/aromatic N) is 3. The molecule has 0 spiro atoms. The number of likely N-dealkylation sites (tertiary alicyclic amines) is 1. The van der Waals surface area contributed by atoms with Gasteiger partial charge in [0.2, 0.25) is 0 Å². The number of halogens is 6. The van der Waals surface area contributed by atoms with Crippen LogP contribution in [0.4, 0.5) is 36.8 Å². The largest absolute Gasteiger partial charge is 0.416 e. The van der Waals surface area contributed by atoms with E-state index in [1.54, 1.807) is 24.3 Å². The van der Waals surface area contributed by atoms with Crippen molar-refractivity contribution in [1.82, 2.24) is 9.80 Å². The van der Waals surface area contributed by atoms with E-state index >= 15 is 0 Å². The molecule has 1 saturated carbocycles. The standard InChI is InChI=1S/C28H30F6N4O2/c29-27(30,31)21-15-22(28(32,33)34)17-23(16-21)36-25(39)38(13-12-37-10-1-2-11-37)24-6-8-26(40,9-7-24)20-5-3-4-19(14-20)18-35/h3-5,14-17,24,40H,1-2,6-13H2,(H,36,39). The second kappa shape index (κ2) is 11.7. The molecule has 0 atom stereocenters. The predicted molar refractivity (Wildman–Crippen MR) is 135 cm³/mol. The minimum absolute atomic E-state index is 0.0179. The first-order chi connectivity index (χ1) is 18.8. The van der Waals surface area contributed by atoms with Crippen molar-refractivity contribution < 1.29 is 36.2 Å². The van der Waals surface area contributed by atoms with E-state index in [0.29, 0.717) is 42.6 Å². The zero-order chi connectivity index (χ0) is 29.1. The lowest BCUT2D eigenvalue weighted by Crippen LogP contribution is -2.49. The van der Waals surface area contributed by atoms with Gasteiger partial charge >= 0.3 is 18.4 Å². The second-order valence-electron chi connectivity index (χ2n) is 10.4. The summed E-state index contributed by atoms with van der Waals surface area (Å²) in [4.78, 5) is 17.0. The molecule has 0 bridgehead atoms. The van der Waals surface area contributed by atoms with Crippen LogP contribution in [0.15, 0.2) is 42.5 Å². The lowest BCUT2D eigenvalue weighted by Gasteiger charge is -2.41. The highest BCUT2D eigenvalue weighted by atomic mass is 19.4. The van der Waals surface area contributed by atoms with E-state index in [2.05, 4.69) is 10.2 Å². The van der Waals surface area contributed by atoms with Gasteiger partial charge in [0.1, 0.15) is 0 Å². The molecule has 2 N–H and O–H groups in total. The Morgan fingerprint density at radius 1 is 1.02 bits per heavy atom. The lowest BCUT2D eigenvalue weighted by molar-refractivity contribution is -0.143. The van der Waals surface area contributed by atoms with Crippen molar-refractivity contribution >= 4 is 11.7 Å². The first kappa shape index (κ1) is 29.7. The van der Waals surface area contributed by atoms with Gasteiger partial charge in [0.15, 0.2) is 0 Å². The molecule has 1 saturated heterocycles. The van der Waals surface area contributed by atoms with Crippen LogP contribution in [0, 0.1) is 11.3 Å². The molecule has 2 fully saturated rings. The Kier molecular flexibility index (Phi) is 8.66. The number of urea groups is 1. The molecule has 40 heavy (non-hydrogen) atoms. The van der Waals surface area contributed by atoms with Gasteiger partial charge in [0.25, 0.3) is 0 Å². The molecule has 1 aliphatic carbocycles. The molecule has 12 heteroatoms. The molecular formula is C28H30F6N4O2. The number of hydrogen-bond acceptors (Lipinski definition) is 4. The third kappa shape index (κ3) is 7.06. The van der Waals surface area contributed by atoms with Crippen LogP contribution in [-0.2, 0) is 18.0 Å². The molecule has 6 nitrogen and oxygen atoms in total. The van der Waals surface area contributed by atoms with Crippen LogP contribution in [0.2, 0.25) is 0 Å². The van der Waals surface area contributed by atoms with Crippen molar-refractivity contribution in [2.75, 3.05) is 31.5 Å². The maximum absolute atomic E-state index is 13.4. The minimum atomic E-state index is -5.03. The van der Waals surface area contributed by atoms with Crippen molar-refractivity contribution in [3.05, 3.63) is 64.7 Å². The molecule has 0 aromatic heterocycles. The third-order valence-corrected chi connectivity index (χ3v) is 7.71. The first-order valence-electron chi connectivity index (χ1n) is 13.1. The molecule has 4 rings (SSSR count). The average molecular weight is 569 g/mol. The second-order valence-corrected chi connectivity index (χ2v) is 10.4. The normalized spacial score (nSPS) is 22.1. The fourth-order valence-electron chi connectivity index (χ4n) is 5.49. The zero-order valence-electron chi connectivity index (χ0n) is 21.7. The van der Waals surface area contributed by atoms with Gasteiger partial charge < -0.3 is 20.2 Å². The molecule has 1 heterocycles. The summed E-state index contributed by atoms with van der Waals surface area (Å²) < 4.78 is 80.0. The Hall–Kier alpha value is -3.30. The molecule has 2 aliphatic rings. The summed E-state index contributed by atoms with van der Waals surface area (Å²) in [5.41, 5.74) is -3.85. The summed E-state index contributed by atoms with van der Waals surface area (Å²) in [6, 6.07) is 8.50. The Morgan fingerprint density at radius 2 is 1.62 bits per heavy atom. The number of aliphatic hydroxyl groups is 1. The summed E-state index contributed by atoms with van der Waals surface area (Å²) in [5, 5.41) is 22.8. The van der Waals surface area contributed by atoms with Crippen molar-refractivity contribution in [2.45, 2.75) is 62.5 Å². The van der Waals surface area contributed by atoms with Crippen LogP contribution in [0.3, 0.4) is 0 Å². The Balaban J connectivity index is 1.55. The van der Waals surface area contributed by atoms with E-state index in [1.165, 1.54) is 4.90 Å². The molecule has 0 unspecified atom stereocenters. The van der Waals surface area contributed by atoms with Crippen LogP contribution in [-0.4, -0.2) is 53.2 Å². The monoisotopic (exact) mass is 568 g/mol. The summed E-state index contributed by atoms with van der Waals surface area (Å²) >= 11 is 0. The summed E-state index contributed by atoms with van der Waals surface area (Å²) in [6.45, 7) is 2.42. The summed E-state index contributed by atoms with van der Waals surface area (Å²) in [7, 11) is 0. The van der Waals surface area contributed by atoms with E-state index in [1.807, 2.05) is 6.07 Å². The van der Waals surface area contributed by atoms with Crippen molar-refractivity contribution in [2.24, 2.45) is 0 Å². The molecule has 2 aromatic rings. The van der Waals surface area contributed by atoms with E-state index in [9.17, 15) is 41.5 Å². The van der Waals surface area contributed by atoms with E-state index in [-0.39, 0.29) is 25.5 Å². The number of alkyl halides is 6. The highest BCUT2D eigenvalue weighted by Crippen LogP contribution is 2.40. The van der Waals surface area contributed by atoms with Crippen molar-refractivity contribution in [3.63, 3.8) is 0 Å². The van der Waals surface area contributed by atoms with Crippen LogP contribution in [0.5, 0.6) is 0 Å². The fourth-order valence-corrected chi connectivity index (χ4v) is 5.49. The number of carbonyl (C=O) groups is 1. The molecule has 216 valence electrons. The van der Waals surface area contributed by atoms with Crippen LogP contribution in [0.25, 0.3) is 0 Å². The van der Waals surface area contributed by atoms with Gasteiger partial charge in [-0.1, -0.05) is 12.1 Å². The minimum Gasteiger partial charge on any atom is -0.385 e. The van der Waals surface area contributed by atoms with Crippen LogP contribution < -0.4 is 5.32 Å². The van der Waals surface area contributed by atoms with Crippen LogP contribution >= 0.6 is 0 Å².